The zero-order chi connectivity index (χ0) is 12.0. The summed E-state index contributed by atoms with van der Waals surface area (Å²) in [6, 6.07) is -0.0115. The van der Waals surface area contributed by atoms with Gasteiger partial charge in [-0.2, -0.15) is 0 Å². The number of nitrogens with zero attached hydrogens (tertiary/aromatic N) is 3. The molecule has 1 fully saturated rings. The van der Waals surface area contributed by atoms with Crippen LogP contribution in [0.3, 0.4) is 0 Å². The first kappa shape index (κ1) is 12.8. The first-order valence-corrected chi connectivity index (χ1v) is 5.32. The van der Waals surface area contributed by atoms with Gasteiger partial charge < -0.3 is 19.4 Å². The second-order valence-electron chi connectivity index (χ2n) is 3.82. The fourth-order valence-electron chi connectivity index (χ4n) is 1.44. The van der Waals surface area contributed by atoms with E-state index in [2.05, 4.69) is 0 Å². The molecule has 0 unspecified atom stereocenters. The Balaban J connectivity index is 2.31. The predicted molar refractivity (Wildman–Crippen MR) is 58.7 cm³/mol. The van der Waals surface area contributed by atoms with E-state index in [4.69, 9.17) is 4.74 Å². The molecular formula is C10H18N3O3. The Hall–Kier alpha value is -1.30. The average Bonchev–Trinajstić information content (AvgIpc) is 2.35. The lowest BCUT2D eigenvalue weighted by Gasteiger charge is -2.31. The quantitative estimate of drug-likeness (QED) is 0.602. The number of ether oxygens (including phenoxy) is 1. The number of carbonyl (C=O) groups is 1. The maximum absolute atomic E-state index is 11.9. The van der Waals surface area contributed by atoms with Gasteiger partial charge in [-0.05, 0) is 0 Å². The molecule has 6 heteroatoms. The molecule has 91 valence electrons. The number of amides is 3. The highest BCUT2D eigenvalue weighted by Crippen LogP contribution is 2.01. The van der Waals surface area contributed by atoms with Crippen LogP contribution in [0.4, 0.5) is 4.79 Å². The number of rotatable bonds is 4. The molecule has 1 aliphatic heterocycles. The highest BCUT2D eigenvalue weighted by atomic mass is 16.5. The van der Waals surface area contributed by atoms with Gasteiger partial charge in [-0.15, -0.1) is 0 Å². The van der Waals surface area contributed by atoms with E-state index in [9.17, 15) is 9.59 Å². The Morgan fingerprint density at radius 2 is 1.94 bits per heavy atom. The molecule has 0 bridgehead atoms. The third-order valence-electron chi connectivity index (χ3n) is 2.53. The summed E-state index contributed by atoms with van der Waals surface area (Å²) >= 11 is 0. The molecule has 0 aromatic heterocycles. The molecule has 1 aliphatic rings. The summed E-state index contributed by atoms with van der Waals surface area (Å²) < 4.78 is 5.17. The zero-order valence-corrected chi connectivity index (χ0v) is 9.81. The summed E-state index contributed by atoms with van der Waals surface area (Å²) in [5.41, 5.74) is 0. The molecule has 0 N–H and O–H groups in total. The van der Waals surface area contributed by atoms with Crippen molar-refractivity contribution in [3.05, 3.63) is 0 Å². The summed E-state index contributed by atoms with van der Waals surface area (Å²) in [5.74, 6) is 0. The Labute approximate surface area is 95.7 Å². The second-order valence-corrected chi connectivity index (χ2v) is 3.82. The molecule has 0 atom stereocenters. The number of morpholine rings is 1. The fourth-order valence-corrected chi connectivity index (χ4v) is 1.44. The Kier molecular flexibility index (Phi) is 5.04. The van der Waals surface area contributed by atoms with Crippen molar-refractivity contribution in [2.45, 2.75) is 0 Å². The Morgan fingerprint density at radius 3 is 2.50 bits per heavy atom. The van der Waals surface area contributed by atoms with Crippen molar-refractivity contribution in [1.29, 1.82) is 0 Å². The van der Waals surface area contributed by atoms with Gasteiger partial charge in [0.25, 0.3) is 0 Å². The van der Waals surface area contributed by atoms with Crippen molar-refractivity contribution < 1.29 is 14.3 Å². The van der Waals surface area contributed by atoms with Crippen LogP contribution in [0.25, 0.3) is 0 Å². The van der Waals surface area contributed by atoms with Crippen LogP contribution in [0.5, 0.6) is 0 Å². The number of carbonyl (C=O) groups excluding carboxylic acids is 2. The highest BCUT2D eigenvalue weighted by molar-refractivity contribution is 5.74. The summed E-state index contributed by atoms with van der Waals surface area (Å²) in [7, 11) is 3.37. The van der Waals surface area contributed by atoms with Crippen molar-refractivity contribution in [1.82, 2.24) is 14.7 Å². The van der Waals surface area contributed by atoms with E-state index in [0.29, 0.717) is 39.4 Å². The highest BCUT2D eigenvalue weighted by Gasteiger charge is 2.20. The molecule has 0 aromatic rings. The molecule has 3 amide bonds. The lowest BCUT2D eigenvalue weighted by molar-refractivity contribution is 0.0451. The first-order valence-electron chi connectivity index (χ1n) is 5.32. The van der Waals surface area contributed by atoms with Crippen molar-refractivity contribution in [2.75, 3.05) is 53.5 Å². The van der Waals surface area contributed by atoms with Gasteiger partial charge in [0, 0.05) is 40.3 Å². The molecule has 0 aliphatic carbocycles. The van der Waals surface area contributed by atoms with E-state index < -0.39 is 0 Å². The monoisotopic (exact) mass is 228 g/mol. The van der Waals surface area contributed by atoms with Crippen molar-refractivity contribution in [3.8, 4) is 0 Å². The van der Waals surface area contributed by atoms with E-state index in [1.165, 1.54) is 4.90 Å². The second kappa shape index (κ2) is 6.32. The molecule has 1 saturated heterocycles. The van der Waals surface area contributed by atoms with E-state index >= 15 is 0 Å². The molecule has 16 heavy (non-hydrogen) atoms. The maximum atomic E-state index is 11.9. The smallest absolute Gasteiger partial charge is 0.319 e. The first-order chi connectivity index (χ1) is 7.65. The molecule has 1 radical (unpaired) electrons. The van der Waals surface area contributed by atoms with Crippen LogP contribution in [-0.4, -0.2) is 80.6 Å². The van der Waals surface area contributed by atoms with E-state index in [-0.39, 0.29) is 6.03 Å². The van der Waals surface area contributed by atoms with Crippen LogP contribution in [0.15, 0.2) is 0 Å². The van der Waals surface area contributed by atoms with Gasteiger partial charge in [-0.1, -0.05) is 0 Å². The van der Waals surface area contributed by atoms with Crippen LogP contribution in [0.2, 0.25) is 0 Å². The van der Waals surface area contributed by atoms with Gasteiger partial charge in [-0.25, -0.2) is 4.79 Å². The third-order valence-corrected chi connectivity index (χ3v) is 2.53. The predicted octanol–water partition coefficient (Wildman–Crippen LogP) is -0.631. The molecule has 6 nitrogen and oxygen atoms in total. The zero-order valence-electron chi connectivity index (χ0n) is 9.81. The Bertz CT molecular complexity index is 241. The summed E-state index contributed by atoms with van der Waals surface area (Å²) in [6.45, 7) is 3.48. The van der Waals surface area contributed by atoms with Crippen LogP contribution in [0.1, 0.15) is 0 Å². The SMILES string of the molecule is CN([C]=O)CCN(C)C(=O)N1CCOCC1. The van der Waals surface area contributed by atoms with Gasteiger partial charge in [0.1, 0.15) is 0 Å². The maximum Gasteiger partial charge on any atom is 0.319 e. The Morgan fingerprint density at radius 1 is 1.31 bits per heavy atom. The van der Waals surface area contributed by atoms with Gasteiger partial charge in [0.15, 0.2) is 0 Å². The minimum atomic E-state index is -0.0115. The summed E-state index contributed by atoms with van der Waals surface area (Å²) in [5, 5.41) is 0. The molecule has 1 heterocycles. The van der Waals surface area contributed by atoms with Crippen LogP contribution < -0.4 is 0 Å². The summed E-state index contributed by atoms with van der Waals surface area (Å²) in [6.07, 6.45) is 1.75. The van der Waals surface area contributed by atoms with E-state index in [1.54, 1.807) is 30.3 Å². The minimum Gasteiger partial charge on any atom is -0.378 e. The van der Waals surface area contributed by atoms with E-state index in [0.717, 1.165) is 0 Å². The van der Waals surface area contributed by atoms with Gasteiger partial charge in [0.2, 0.25) is 0 Å². The minimum absolute atomic E-state index is 0.0115. The van der Waals surface area contributed by atoms with Crippen LogP contribution in [-0.2, 0) is 9.53 Å². The van der Waals surface area contributed by atoms with Crippen molar-refractivity contribution >= 4 is 12.4 Å². The van der Waals surface area contributed by atoms with Crippen LogP contribution in [0, 0.1) is 0 Å². The molecule has 1 rings (SSSR count). The summed E-state index contributed by atoms with van der Waals surface area (Å²) in [4.78, 5) is 26.9. The lowest BCUT2D eigenvalue weighted by Crippen LogP contribution is -2.48. The molecule has 0 aromatic carbocycles. The average molecular weight is 228 g/mol. The lowest BCUT2D eigenvalue weighted by atomic mass is 10.4. The molecule has 0 saturated carbocycles. The third kappa shape index (κ3) is 3.69. The largest absolute Gasteiger partial charge is 0.378 e. The number of likely N-dealkylation sites (N-methyl/N-ethyl adjacent to an activating group) is 2. The van der Waals surface area contributed by atoms with Gasteiger partial charge in [0.05, 0.1) is 13.2 Å². The van der Waals surface area contributed by atoms with Gasteiger partial charge in [-0.3, -0.25) is 4.79 Å². The number of hydrogen-bond donors (Lipinski definition) is 0. The van der Waals surface area contributed by atoms with Crippen LogP contribution >= 0.6 is 0 Å². The fraction of sp³-hybridized carbons (Fsp3) is 0.800. The topological polar surface area (TPSA) is 53.1 Å². The van der Waals surface area contributed by atoms with E-state index in [1.807, 2.05) is 0 Å². The van der Waals surface area contributed by atoms with Crippen molar-refractivity contribution in [3.63, 3.8) is 0 Å². The van der Waals surface area contributed by atoms with Crippen molar-refractivity contribution in [2.24, 2.45) is 0 Å². The normalized spacial score (nSPS) is 15.8. The number of hydrogen-bond acceptors (Lipinski definition) is 3. The molecular weight excluding hydrogens is 210 g/mol. The number of urea groups is 1. The van der Waals surface area contributed by atoms with Gasteiger partial charge >= 0.3 is 12.4 Å². The molecule has 0 spiro atoms. The standard InChI is InChI=1S/C10H18N3O3/c1-11(9-14)3-4-12(2)10(15)13-5-7-16-8-6-13/h3-8H2,1-2H3.